The molecule has 6 nitrogen and oxygen atoms in total. The second-order valence-electron chi connectivity index (χ2n) is 6.28. The zero-order valence-corrected chi connectivity index (χ0v) is 14.9. The Kier molecular flexibility index (Phi) is 4.42. The van der Waals surface area contributed by atoms with E-state index in [2.05, 4.69) is 22.0 Å². The summed E-state index contributed by atoms with van der Waals surface area (Å²) >= 11 is 1.60. The van der Waals surface area contributed by atoms with Crippen LogP contribution in [-0.2, 0) is 0 Å². The normalized spacial score (nSPS) is 16.9. The number of phenols is 1. The number of benzene rings is 1. The van der Waals surface area contributed by atoms with Gasteiger partial charge in [-0.1, -0.05) is 18.2 Å². The monoisotopic (exact) mass is 357 g/mol. The van der Waals surface area contributed by atoms with Crippen LogP contribution in [-0.4, -0.2) is 41.5 Å². The number of anilines is 1. The van der Waals surface area contributed by atoms with Crippen LogP contribution in [0.15, 0.2) is 46.2 Å². The van der Waals surface area contributed by atoms with Gasteiger partial charge in [-0.2, -0.15) is 0 Å². The summed E-state index contributed by atoms with van der Waals surface area (Å²) in [5, 5.41) is 20.5. The van der Waals surface area contributed by atoms with Gasteiger partial charge < -0.3 is 19.3 Å². The molecule has 2 aromatic heterocycles. The third-order valence-corrected chi connectivity index (χ3v) is 5.64. The first kappa shape index (κ1) is 16.1. The Morgan fingerprint density at radius 3 is 2.68 bits per heavy atom. The topological polar surface area (TPSA) is 66.8 Å². The SMILES string of the molecule is C[C@@H](c1nnc(-c2cccs2)o1)[NH+]1CCN(c2ccccc2O)CC1. The van der Waals surface area contributed by atoms with Gasteiger partial charge in [0.15, 0.2) is 6.04 Å². The lowest BCUT2D eigenvalue weighted by Crippen LogP contribution is -3.14. The molecule has 0 unspecified atom stereocenters. The zero-order valence-electron chi connectivity index (χ0n) is 14.1. The Bertz CT molecular complexity index is 825. The number of thiophene rings is 1. The predicted molar refractivity (Wildman–Crippen MR) is 97.0 cm³/mol. The highest BCUT2D eigenvalue weighted by molar-refractivity contribution is 7.13. The maximum Gasteiger partial charge on any atom is 0.274 e. The summed E-state index contributed by atoms with van der Waals surface area (Å²) in [5.41, 5.74) is 0.909. The lowest BCUT2D eigenvalue weighted by atomic mass is 10.2. The van der Waals surface area contributed by atoms with Crippen LogP contribution in [0.5, 0.6) is 5.75 Å². The van der Waals surface area contributed by atoms with Crippen molar-refractivity contribution in [2.45, 2.75) is 13.0 Å². The Hall–Kier alpha value is -2.38. The largest absolute Gasteiger partial charge is 0.506 e. The Morgan fingerprint density at radius 2 is 1.96 bits per heavy atom. The van der Waals surface area contributed by atoms with Crippen LogP contribution in [0.3, 0.4) is 0 Å². The molecule has 25 heavy (non-hydrogen) atoms. The average Bonchev–Trinajstić information content (AvgIpc) is 3.33. The maximum absolute atomic E-state index is 10.0. The Balaban J connectivity index is 1.41. The summed E-state index contributed by atoms with van der Waals surface area (Å²) in [6.07, 6.45) is 0. The molecule has 0 radical (unpaired) electrons. The molecule has 0 spiro atoms. The van der Waals surface area contributed by atoms with E-state index in [0.717, 1.165) is 36.7 Å². The molecule has 1 aromatic carbocycles. The first-order valence-electron chi connectivity index (χ1n) is 8.47. The number of quaternary nitrogens is 1. The number of nitrogens with zero attached hydrogens (tertiary/aromatic N) is 3. The highest BCUT2D eigenvalue weighted by Gasteiger charge is 2.30. The van der Waals surface area contributed by atoms with E-state index in [9.17, 15) is 5.11 Å². The Morgan fingerprint density at radius 1 is 1.16 bits per heavy atom. The number of piperazine rings is 1. The molecule has 0 aliphatic carbocycles. The van der Waals surface area contributed by atoms with Crippen molar-refractivity contribution < 1.29 is 14.4 Å². The molecule has 1 aliphatic heterocycles. The van der Waals surface area contributed by atoms with Gasteiger partial charge in [0.1, 0.15) is 5.75 Å². The van der Waals surface area contributed by atoms with Gasteiger partial charge in [-0.05, 0) is 30.5 Å². The molecule has 1 atom stereocenters. The fourth-order valence-electron chi connectivity index (χ4n) is 3.28. The van der Waals surface area contributed by atoms with Crippen LogP contribution < -0.4 is 9.80 Å². The van der Waals surface area contributed by atoms with Gasteiger partial charge in [0.2, 0.25) is 0 Å². The lowest BCUT2D eigenvalue weighted by molar-refractivity contribution is -0.931. The molecular weight excluding hydrogens is 336 g/mol. The highest BCUT2D eigenvalue weighted by atomic mass is 32.1. The van der Waals surface area contributed by atoms with Crippen molar-refractivity contribution in [2.75, 3.05) is 31.1 Å². The molecule has 3 heterocycles. The van der Waals surface area contributed by atoms with Gasteiger partial charge in [0, 0.05) is 0 Å². The van der Waals surface area contributed by atoms with Crippen molar-refractivity contribution in [3.8, 4) is 16.5 Å². The number of rotatable bonds is 4. The molecule has 7 heteroatoms. The highest BCUT2D eigenvalue weighted by Crippen LogP contribution is 2.27. The molecule has 1 aliphatic rings. The molecule has 1 fully saturated rings. The summed E-state index contributed by atoms with van der Waals surface area (Å²) in [6, 6.07) is 11.6. The van der Waals surface area contributed by atoms with Gasteiger partial charge in [-0.15, -0.1) is 21.5 Å². The van der Waals surface area contributed by atoms with Crippen LogP contribution in [0, 0.1) is 0 Å². The van der Waals surface area contributed by atoms with Crippen LogP contribution in [0.25, 0.3) is 10.8 Å². The van der Waals surface area contributed by atoms with E-state index >= 15 is 0 Å². The first-order valence-corrected chi connectivity index (χ1v) is 9.35. The second-order valence-corrected chi connectivity index (χ2v) is 7.23. The van der Waals surface area contributed by atoms with E-state index in [1.54, 1.807) is 17.4 Å². The third-order valence-electron chi connectivity index (χ3n) is 4.78. The van der Waals surface area contributed by atoms with Crippen molar-refractivity contribution in [1.82, 2.24) is 10.2 Å². The van der Waals surface area contributed by atoms with E-state index in [1.165, 1.54) is 4.90 Å². The summed E-state index contributed by atoms with van der Waals surface area (Å²) in [6.45, 7) is 5.85. The molecule has 0 amide bonds. The molecular formula is C18H21N4O2S+. The molecule has 2 N–H and O–H groups in total. The van der Waals surface area contributed by atoms with Gasteiger partial charge in [-0.25, -0.2) is 0 Å². The smallest absolute Gasteiger partial charge is 0.274 e. The maximum atomic E-state index is 10.0. The summed E-state index contributed by atoms with van der Waals surface area (Å²) in [4.78, 5) is 4.66. The van der Waals surface area contributed by atoms with Gasteiger partial charge >= 0.3 is 0 Å². The van der Waals surface area contributed by atoms with E-state index < -0.39 is 0 Å². The molecule has 3 aromatic rings. The van der Waals surface area contributed by atoms with Crippen molar-refractivity contribution in [3.63, 3.8) is 0 Å². The summed E-state index contributed by atoms with van der Waals surface area (Å²) in [5.74, 6) is 1.63. The van der Waals surface area contributed by atoms with Crippen LogP contribution in [0.4, 0.5) is 5.69 Å². The molecule has 4 rings (SSSR count). The molecule has 130 valence electrons. The molecule has 0 saturated carbocycles. The van der Waals surface area contributed by atoms with Crippen molar-refractivity contribution in [1.29, 1.82) is 0 Å². The van der Waals surface area contributed by atoms with E-state index in [-0.39, 0.29) is 6.04 Å². The van der Waals surface area contributed by atoms with Crippen LogP contribution in [0.2, 0.25) is 0 Å². The fourth-order valence-corrected chi connectivity index (χ4v) is 3.93. The number of hydrogen-bond donors (Lipinski definition) is 2. The number of aromatic hydroxyl groups is 1. The Labute approximate surface area is 150 Å². The fraction of sp³-hybridized carbons (Fsp3) is 0.333. The minimum absolute atomic E-state index is 0.160. The van der Waals surface area contributed by atoms with Crippen LogP contribution in [0.1, 0.15) is 18.9 Å². The summed E-state index contributed by atoms with van der Waals surface area (Å²) < 4.78 is 5.89. The molecule has 1 saturated heterocycles. The van der Waals surface area contributed by atoms with Crippen LogP contribution >= 0.6 is 11.3 Å². The van der Waals surface area contributed by atoms with Gasteiger partial charge in [0.25, 0.3) is 11.8 Å². The van der Waals surface area contributed by atoms with E-state index in [0.29, 0.717) is 17.5 Å². The zero-order chi connectivity index (χ0) is 17.2. The summed E-state index contributed by atoms with van der Waals surface area (Å²) in [7, 11) is 0. The quantitative estimate of drug-likeness (QED) is 0.747. The minimum atomic E-state index is 0.160. The second kappa shape index (κ2) is 6.85. The minimum Gasteiger partial charge on any atom is -0.506 e. The van der Waals surface area contributed by atoms with Gasteiger partial charge in [-0.3, -0.25) is 0 Å². The number of nitrogens with one attached hydrogen (secondary N) is 1. The standard InChI is InChI=1S/C18H20N4O2S/c1-13(17-19-20-18(24-17)16-7-4-12-25-16)21-8-10-22(11-9-21)14-5-2-3-6-15(14)23/h2-7,12-13,23H,8-11H2,1H3/p+1/t13-/m0/s1. The van der Waals surface area contributed by atoms with Crippen molar-refractivity contribution in [3.05, 3.63) is 47.7 Å². The first-order chi connectivity index (χ1) is 12.2. The number of phenolic OH excluding ortho intramolecular Hbond substituents is 1. The third kappa shape index (κ3) is 3.25. The average molecular weight is 357 g/mol. The molecule has 0 bridgehead atoms. The van der Waals surface area contributed by atoms with Crippen molar-refractivity contribution >= 4 is 17.0 Å². The van der Waals surface area contributed by atoms with E-state index in [1.807, 2.05) is 35.7 Å². The lowest BCUT2D eigenvalue weighted by Gasteiger charge is -2.35. The van der Waals surface area contributed by atoms with E-state index in [4.69, 9.17) is 4.42 Å². The van der Waals surface area contributed by atoms with Crippen molar-refractivity contribution in [2.24, 2.45) is 0 Å². The van der Waals surface area contributed by atoms with Gasteiger partial charge in [0.05, 0.1) is 36.7 Å². The number of hydrogen-bond acceptors (Lipinski definition) is 6. The number of para-hydroxylation sites is 2. The predicted octanol–water partition coefficient (Wildman–Crippen LogP) is 1.97. The number of aromatic nitrogens is 2.